The van der Waals surface area contributed by atoms with Gasteiger partial charge in [0.2, 0.25) is 0 Å². The van der Waals surface area contributed by atoms with Crippen molar-refractivity contribution < 1.29 is 0 Å². The Kier molecular flexibility index (Phi) is 5.94. The van der Waals surface area contributed by atoms with Gasteiger partial charge in [0.15, 0.2) is 0 Å². The van der Waals surface area contributed by atoms with E-state index in [0.717, 1.165) is 12.5 Å². The molecule has 0 amide bonds. The van der Waals surface area contributed by atoms with Crippen LogP contribution in [0.5, 0.6) is 0 Å². The van der Waals surface area contributed by atoms with E-state index in [-0.39, 0.29) is 0 Å². The topological polar surface area (TPSA) is 29.3 Å². The molecule has 1 fully saturated rings. The Morgan fingerprint density at radius 1 is 1.29 bits per heavy atom. The van der Waals surface area contributed by atoms with E-state index in [1.807, 2.05) is 0 Å². The maximum atomic E-state index is 6.11. The molecule has 0 aliphatic heterocycles. The van der Waals surface area contributed by atoms with Gasteiger partial charge in [-0.2, -0.15) is 0 Å². The van der Waals surface area contributed by atoms with Gasteiger partial charge in [0.25, 0.3) is 0 Å². The van der Waals surface area contributed by atoms with Crippen LogP contribution in [0, 0.1) is 5.92 Å². The number of nitrogens with two attached hydrogens (primary N) is 1. The molecule has 102 valence electrons. The third-order valence-corrected chi connectivity index (χ3v) is 5.11. The lowest BCUT2D eigenvalue weighted by Gasteiger charge is -2.48. The van der Waals surface area contributed by atoms with Crippen molar-refractivity contribution in [2.24, 2.45) is 11.7 Å². The Bertz CT molecular complexity index is 207. The van der Waals surface area contributed by atoms with Gasteiger partial charge >= 0.3 is 0 Å². The smallest absolute Gasteiger partial charge is 0.0331 e. The lowest BCUT2D eigenvalue weighted by atomic mass is 9.74. The van der Waals surface area contributed by atoms with Crippen molar-refractivity contribution in [3.8, 4) is 0 Å². The lowest BCUT2D eigenvalue weighted by molar-refractivity contribution is 0.0331. The highest BCUT2D eigenvalue weighted by atomic mass is 15.2. The molecule has 1 saturated carbocycles. The zero-order chi connectivity index (χ0) is 12.9. The number of rotatable bonds is 6. The second-order valence-electron chi connectivity index (χ2n) is 6.03. The number of hydrogen-bond acceptors (Lipinski definition) is 2. The summed E-state index contributed by atoms with van der Waals surface area (Å²) in [6.45, 7) is 7.73. The van der Waals surface area contributed by atoms with E-state index in [1.54, 1.807) is 0 Å². The number of likely N-dealkylation sites (N-methyl/N-ethyl adjacent to an activating group) is 1. The molecule has 0 radical (unpaired) electrons. The summed E-state index contributed by atoms with van der Waals surface area (Å²) in [6, 6.07) is 0.654. The van der Waals surface area contributed by atoms with E-state index in [2.05, 4.69) is 32.7 Å². The summed E-state index contributed by atoms with van der Waals surface area (Å²) in [7, 11) is 2.28. The van der Waals surface area contributed by atoms with Crippen molar-refractivity contribution in [1.82, 2.24) is 4.90 Å². The van der Waals surface area contributed by atoms with Gasteiger partial charge in [0.05, 0.1) is 0 Å². The van der Waals surface area contributed by atoms with Crippen LogP contribution >= 0.6 is 0 Å². The predicted molar refractivity (Wildman–Crippen MR) is 76.2 cm³/mol. The molecular formula is C15H32N2. The van der Waals surface area contributed by atoms with Gasteiger partial charge in [-0.1, -0.05) is 26.7 Å². The van der Waals surface area contributed by atoms with Crippen LogP contribution in [0.4, 0.5) is 0 Å². The summed E-state index contributed by atoms with van der Waals surface area (Å²) < 4.78 is 0. The van der Waals surface area contributed by atoms with Crippen LogP contribution in [0.25, 0.3) is 0 Å². The molecule has 0 heterocycles. The fraction of sp³-hybridized carbons (Fsp3) is 1.00. The van der Waals surface area contributed by atoms with Crippen LogP contribution < -0.4 is 5.73 Å². The fourth-order valence-electron chi connectivity index (χ4n) is 3.35. The van der Waals surface area contributed by atoms with Crippen molar-refractivity contribution in [2.45, 2.75) is 77.3 Å². The Morgan fingerprint density at radius 3 is 2.29 bits per heavy atom. The summed E-state index contributed by atoms with van der Waals surface area (Å²) in [4.78, 5) is 2.56. The van der Waals surface area contributed by atoms with Crippen LogP contribution in [0.1, 0.15) is 65.7 Å². The minimum atomic E-state index is 0.291. The van der Waals surface area contributed by atoms with Crippen molar-refractivity contribution >= 4 is 0 Å². The van der Waals surface area contributed by atoms with Crippen LogP contribution in [-0.2, 0) is 0 Å². The molecule has 0 aromatic heterocycles. The van der Waals surface area contributed by atoms with E-state index in [1.165, 1.54) is 44.9 Å². The average molecular weight is 240 g/mol. The molecule has 1 aliphatic rings. The molecule has 0 spiro atoms. The predicted octanol–water partition coefficient (Wildman–Crippen LogP) is 3.40. The van der Waals surface area contributed by atoms with Gasteiger partial charge < -0.3 is 5.73 Å². The molecule has 17 heavy (non-hydrogen) atoms. The first-order chi connectivity index (χ1) is 8.09. The second kappa shape index (κ2) is 6.75. The van der Waals surface area contributed by atoms with E-state index in [4.69, 9.17) is 5.73 Å². The third-order valence-electron chi connectivity index (χ3n) is 5.11. The third kappa shape index (κ3) is 3.45. The summed E-state index contributed by atoms with van der Waals surface area (Å²) in [5, 5.41) is 0. The van der Waals surface area contributed by atoms with Crippen molar-refractivity contribution in [3.63, 3.8) is 0 Å². The van der Waals surface area contributed by atoms with Crippen LogP contribution in [0.2, 0.25) is 0 Å². The zero-order valence-corrected chi connectivity index (χ0v) is 12.3. The Labute approximate surface area is 108 Å². The highest BCUT2D eigenvalue weighted by Crippen LogP contribution is 2.38. The maximum Gasteiger partial charge on any atom is 0.0331 e. The van der Waals surface area contributed by atoms with E-state index in [9.17, 15) is 0 Å². The molecule has 0 saturated heterocycles. The largest absolute Gasteiger partial charge is 0.329 e. The SMILES string of the molecule is CCCC1CCC(CN)(N(C)C(C)CC)CC1. The molecule has 0 aromatic carbocycles. The molecule has 2 heteroatoms. The minimum Gasteiger partial charge on any atom is -0.329 e. The fourth-order valence-corrected chi connectivity index (χ4v) is 3.35. The summed E-state index contributed by atoms with van der Waals surface area (Å²) in [6.07, 6.45) is 9.33. The quantitative estimate of drug-likeness (QED) is 0.771. The Hall–Kier alpha value is -0.0800. The molecule has 0 aromatic rings. The zero-order valence-electron chi connectivity index (χ0n) is 12.3. The number of nitrogens with zero attached hydrogens (tertiary/aromatic N) is 1. The molecule has 1 rings (SSSR count). The molecule has 1 atom stereocenters. The van der Waals surface area contributed by atoms with Gasteiger partial charge in [-0.15, -0.1) is 0 Å². The standard InChI is InChI=1S/C15H32N2/c1-5-7-14-8-10-15(12-16,11-9-14)17(4)13(3)6-2/h13-14H,5-12,16H2,1-4H3. The van der Waals surface area contributed by atoms with E-state index < -0.39 is 0 Å². The average Bonchev–Trinajstić information content (AvgIpc) is 2.38. The van der Waals surface area contributed by atoms with Crippen molar-refractivity contribution in [3.05, 3.63) is 0 Å². The highest BCUT2D eigenvalue weighted by Gasteiger charge is 2.38. The first-order valence-corrected chi connectivity index (χ1v) is 7.52. The van der Waals surface area contributed by atoms with Crippen molar-refractivity contribution in [2.75, 3.05) is 13.6 Å². The molecule has 1 aliphatic carbocycles. The summed E-state index contributed by atoms with van der Waals surface area (Å²) in [5.41, 5.74) is 6.40. The molecule has 0 bridgehead atoms. The van der Waals surface area contributed by atoms with Gasteiger partial charge in [-0.25, -0.2) is 0 Å². The van der Waals surface area contributed by atoms with Gasteiger partial charge in [0.1, 0.15) is 0 Å². The molecule has 2 N–H and O–H groups in total. The molecular weight excluding hydrogens is 208 g/mol. The highest BCUT2D eigenvalue weighted by molar-refractivity contribution is 4.96. The summed E-state index contributed by atoms with van der Waals surface area (Å²) in [5.74, 6) is 0.963. The molecule has 2 nitrogen and oxygen atoms in total. The maximum absolute atomic E-state index is 6.11. The van der Waals surface area contributed by atoms with Crippen LogP contribution in [0.3, 0.4) is 0 Å². The van der Waals surface area contributed by atoms with Gasteiger partial charge in [0, 0.05) is 18.1 Å². The Morgan fingerprint density at radius 2 is 1.88 bits per heavy atom. The monoisotopic (exact) mass is 240 g/mol. The lowest BCUT2D eigenvalue weighted by Crippen LogP contribution is -2.56. The van der Waals surface area contributed by atoms with Crippen LogP contribution in [-0.4, -0.2) is 30.1 Å². The molecule has 1 unspecified atom stereocenters. The normalized spacial score (nSPS) is 31.8. The second-order valence-corrected chi connectivity index (χ2v) is 6.03. The Balaban J connectivity index is 2.60. The first-order valence-electron chi connectivity index (χ1n) is 7.52. The first kappa shape index (κ1) is 15.0. The minimum absolute atomic E-state index is 0.291. The van der Waals surface area contributed by atoms with Gasteiger partial charge in [-0.05, 0) is 52.0 Å². The van der Waals surface area contributed by atoms with Gasteiger partial charge in [-0.3, -0.25) is 4.90 Å². The summed E-state index contributed by atoms with van der Waals surface area (Å²) >= 11 is 0. The van der Waals surface area contributed by atoms with E-state index in [0.29, 0.717) is 11.6 Å². The van der Waals surface area contributed by atoms with Crippen molar-refractivity contribution in [1.29, 1.82) is 0 Å². The van der Waals surface area contributed by atoms with Crippen LogP contribution in [0.15, 0.2) is 0 Å². The number of hydrogen-bond donors (Lipinski definition) is 1. The van der Waals surface area contributed by atoms with E-state index >= 15 is 0 Å².